The van der Waals surface area contributed by atoms with Gasteiger partial charge in [-0.3, -0.25) is 4.79 Å². The van der Waals surface area contributed by atoms with Crippen LogP contribution in [0.25, 0.3) is 10.4 Å². The lowest BCUT2D eigenvalue weighted by atomic mass is 10.2. The number of benzene rings is 1. The molecule has 0 saturated carbocycles. The van der Waals surface area contributed by atoms with Crippen LogP contribution in [0.15, 0.2) is 30.3 Å². The number of carbonyl (C=O) groups is 3. The van der Waals surface area contributed by atoms with Crippen LogP contribution in [-0.2, 0) is 19.1 Å². The maximum Gasteiger partial charge on any atom is 0.397 e. The molecule has 8 heteroatoms. The summed E-state index contributed by atoms with van der Waals surface area (Å²) in [7, 11) is 1.22. The minimum atomic E-state index is -1.04. The topological polar surface area (TPSA) is 102 Å². The van der Waals surface area contributed by atoms with Gasteiger partial charge < -0.3 is 19.9 Å². The lowest BCUT2D eigenvalue weighted by Crippen LogP contribution is -2.25. The van der Waals surface area contributed by atoms with Crippen LogP contribution in [0.2, 0.25) is 0 Å². The van der Waals surface area contributed by atoms with Gasteiger partial charge in [-0.15, -0.1) is 11.3 Å². The molecular weight excluding hydrogens is 334 g/mol. The Hall–Kier alpha value is -2.87. The molecule has 2 N–H and O–H groups in total. The Bertz CT molecular complexity index is 765. The summed E-state index contributed by atoms with van der Waals surface area (Å²) < 4.78 is 9.31. The van der Waals surface area contributed by atoms with Crippen molar-refractivity contribution in [3.8, 4) is 16.2 Å². The van der Waals surface area contributed by atoms with Crippen molar-refractivity contribution < 1.29 is 29.0 Å². The molecule has 0 unspecified atom stereocenters. The molecule has 0 saturated heterocycles. The number of carbonyl (C=O) groups excluding carboxylic acids is 3. The van der Waals surface area contributed by atoms with Crippen molar-refractivity contribution in [3.63, 3.8) is 0 Å². The largest absolute Gasteiger partial charge is 0.508 e. The monoisotopic (exact) mass is 349 g/mol. The summed E-state index contributed by atoms with van der Waals surface area (Å²) in [6, 6.07) is 7.90. The number of ether oxygens (including phenoxy) is 2. The van der Waals surface area contributed by atoms with Gasteiger partial charge in [-0.1, -0.05) is 0 Å². The summed E-state index contributed by atoms with van der Waals surface area (Å²) in [5.74, 6) is -2.54. The SMILES string of the molecule is CCOC(=O)C(=O)Nc1cc(-c2ccc(O)cc2)sc1C(=O)OC. The van der Waals surface area contributed by atoms with Gasteiger partial charge in [-0.25, -0.2) is 9.59 Å². The molecular formula is C16H15NO6S. The Morgan fingerprint density at radius 3 is 2.46 bits per heavy atom. The van der Waals surface area contributed by atoms with E-state index < -0.39 is 17.8 Å². The third-order valence-electron chi connectivity index (χ3n) is 2.96. The van der Waals surface area contributed by atoms with E-state index in [1.54, 1.807) is 25.1 Å². The minimum Gasteiger partial charge on any atom is -0.508 e. The van der Waals surface area contributed by atoms with Gasteiger partial charge in [-0.2, -0.15) is 0 Å². The van der Waals surface area contributed by atoms with Crippen molar-refractivity contribution in [2.45, 2.75) is 6.92 Å². The number of hydrogen-bond donors (Lipinski definition) is 2. The van der Waals surface area contributed by atoms with Gasteiger partial charge in [0.05, 0.1) is 19.4 Å². The number of anilines is 1. The normalized spacial score (nSPS) is 10.1. The highest BCUT2D eigenvalue weighted by Crippen LogP contribution is 2.35. The first kappa shape index (κ1) is 17.5. The molecule has 0 aliphatic rings. The maximum atomic E-state index is 11.9. The van der Waals surface area contributed by atoms with Gasteiger partial charge in [0.2, 0.25) is 0 Å². The predicted molar refractivity (Wildman–Crippen MR) is 88.0 cm³/mol. The predicted octanol–water partition coefficient (Wildman–Crippen LogP) is 2.41. The summed E-state index contributed by atoms with van der Waals surface area (Å²) >= 11 is 1.10. The molecule has 0 radical (unpaired) electrons. The number of esters is 2. The van der Waals surface area contributed by atoms with Gasteiger partial charge in [0, 0.05) is 4.88 Å². The smallest absolute Gasteiger partial charge is 0.397 e. The van der Waals surface area contributed by atoms with Gasteiger partial charge in [0.25, 0.3) is 0 Å². The Balaban J connectivity index is 2.35. The zero-order valence-corrected chi connectivity index (χ0v) is 13.8. The number of hydrogen-bond acceptors (Lipinski definition) is 7. The van der Waals surface area contributed by atoms with E-state index in [4.69, 9.17) is 4.74 Å². The fourth-order valence-electron chi connectivity index (χ4n) is 1.87. The second-order valence-corrected chi connectivity index (χ2v) is 5.62. The summed E-state index contributed by atoms with van der Waals surface area (Å²) in [5.41, 5.74) is 0.896. The maximum absolute atomic E-state index is 11.9. The molecule has 2 aromatic rings. The number of phenolic OH excluding ortho intramolecular Hbond substituents is 1. The van der Waals surface area contributed by atoms with E-state index in [-0.39, 0.29) is 22.9 Å². The number of amides is 1. The number of thiophene rings is 1. The third kappa shape index (κ3) is 3.90. The summed E-state index contributed by atoms with van der Waals surface area (Å²) in [5, 5.41) is 11.7. The second kappa shape index (κ2) is 7.60. The molecule has 1 heterocycles. The Kier molecular flexibility index (Phi) is 5.54. The average Bonchev–Trinajstić information content (AvgIpc) is 2.98. The summed E-state index contributed by atoms with van der Waals surface area (Å²) in [4.78, 5) is 35.9. The highest BCUT2D eigenvalue weighted by Gasteiger charge is 2.22. The van der Waals surface area contributed by atoms with Crippen LogP contribution in [-0.4, -0.2) is 36.7 Å². The van der Waals surface area contributed by atoms with Crippen LogP contribution < -0.4 is 5.32 Å². The van der Waals surface area contributed by atoms with E-state index in [9.17, 15) is 19.5 Å². The molecule has 1 aromatic carbocycles. The van der Waals surface area contributed by atoms with E-state index in [1.165, 1.54) is 19.2 Å². The van der Waals surface area contributed by atoms with Crippen LogP contribution in [0.5, 0.6) is 5.75 Å². The number of phenols is 1. The first-order valence-electron chi connectivity index (χ1n) is 6.96. The molecule has 1 aromatic heterocycles. The molecule has 24 heavy (non-hydrogen) atoms. The quantitative estimate of drug-likeness (QED) is 0.649. The van der Waals surface area contributed by atoms with Crippen molar-refractivity contribution in [1.82, 2.24) is 0 Å². The molecule has 126 valence electrons. The van der Waals surface area contributed by atoms with Crippen molar-refractivity contribution >= 4 is 34.9 Å². The van der Waals surface area contributed by atoms with Gasteiger partial charge in [-0.05, 0) is 42.8 Å². The number of rotatable bonds is 4. The lowest BCUT2D eigenvalue weighted by Gasteiger charge is -2.04. The highest BCUT2D eigenvalue weighted by molar-refractivity contribution is 7.18. The molecule has 2 rings (SSSR count). The molecule has 0 spiro atoms. The fourth-order valence-corrected chi connectivity index (χ4v) is 2.90. The van der Waals surface area contributed by atoms with Crippen molar-refractivity contribution in [1.29, 1.82) is 0 Å². The van der Waals surface area contributed by atoms with Crippen LogP contribution in [0.1, 0.15) is 16.6 Å². The molecule has 0 fully saturated rings. The van der Waals surface area contributed by atoms with Crippen LogP contribution in [0.4, 0.5) is 5.69 Å². The van der Waals surface area contributed by atoms with Crippen molar-refractivity contribution in [2.24, 2.45) is 0 Å². The molecule has 0 aliphatic carbocycles. The van der Waals surface area contributed by atoms with Crippen LogP contribution in [0.3, 0.4) is 0 Å². The number of methoxy groups -OCH3 is 1. The van der Waals surface area contributed by atoms with Gasteiger partial charge in [0.15, 0.2) is 0 Å². The average molecular weight is 349 g/mol. The third-order valence-corrected chi connectivity index (χ3v) is 4.13. The Labute approximate surface area is 141 Å². The summed E-state index contributed by atoms with van der Waals surface area (Å²) in [6.07, 6.45) is 0. The zero-order chi connectivity index (χ0) is 17.7. The molecule has 0 atom stereocenters. The molecule has 0 bridgehead atoms. The van der Waals surface area contributed by atoms with Crippen molar-refractivity contribution in [3.05, 3.63) is 35.2 Å². The minimum absolute atomic E-state index is 0.0680. The van der Waals surface area contributed by atoms with E-state index >= 15 is 0 Å². The van der Waals surface area contributed by atoms with Crippen LogP contribution in [0, 0.1) is 0 Å². The second-order valence-electron chi connectivity index (χ2n) is 4.57. The molecule has 7 nitrogen and oxygen atoms in total. The first-order chi connectivity index (χ1) is 11.5. The van der Waals surface area contributed by atoms with E-state index in [0.717, 1.165) is 16.9 Å². The zero-order valence-electron chi connectivity index (χ0n) is 13.0. The lowest BCUT2D eigenvalue weighted by molar-refractivity contribution is -0.152. The fraction of sp³-hybridized carbons (Fsp3) is 0.188. The van der Waals surface area contributed by atoms with Gasteiger partial charge >= 0.3 is 17.8 Å². The standard InChI is InChI=1S/C16H15NO6S/c1-3-23-16(21)14(19)17-11-8-12(24-13(11)15(20)22-2)9-4-6-10(18)7-5-9/h4-8,18H,3H2,1-2H3,(H,17,19). The van der Waals surface area contributed by atoms with Gasteiger partial charge in [0.1, 0.15) is 10.6 Å². The van der Waals surface area contributed by atoms with E-state index in [1.807, 2.05) is 0 Å². The van der Waals surface area contributed by atoms with E-state index in [2.05, 4.69) is 10.1 Å². The van der Waals surface area contributed by atoms with Crippen LogP contribution >= 0.6 is 11.3 Å². The Morgan fingerprint density at radius 1 is 1.21 bits per heavy atom. The first-order valence-corrected chi connectivity index (χ1v) is 7.77. The molecule has 0 aliphatic heterocycles. The van der Waals surface area contributed by atoms with E-state index in [0.29, 0.717) is 4.88 Å². The highest BCUT2D eigenvalue weighted by atomic mass is 32.1. The Morgan fingerprint density at radius 2 is 1.88 bits per heavy atom. The number of nitrogens with one attached hydrogen (secondary N) is 1. The molecule has 1 amide bonds. The number of aromatic hydroxyl groups is 1. The van der Waals surface area contributed by atoms with Crippen molar-refractivity contribution in [2.75, 3.05) is 19.0 Å². The summed E-state index contributed by atoms with van der Waals surface area (Å²) in [6.45, 7) is 1.65.